The molecule has 1 heterocycles. The number of anilines is 1. The fourth-order valence-electron chi connectivity index (χ4n) is 1.85. The molecule has 0 saturated carbocycles. The standard InChI is InChI=1S/C12H21N5O2/c1-4-5-7-9(14)10(17-16-7)11(19)15-12(2,3)6-8(13)18/h4-6,14H2,1-3H3,(H2,13,18)(H,15,19)(H,16,17). The number of hydrogen-bond acceptors (Lipinski definition) is 4. The van der Waals surface area contributed by atoms with Crippen LogP contribution in [0.5, 0.6) is 0 Å². The van der Waals surface area contributed by atoms with Crippen molar-refractivity contribution in [3.05, 3.63) is 11.4 Å². The Balaban J connectivity index is 2.81. The summed E-state index contributed by atoms with van der Waals surface area (Å²) in [7, 11) is 0. The van der Waals surface area contributed by atoms with E-state index in [9.17, 15) is 9.59 Å². The number of nitrogens with zero attached hydrogens (tertiary/aromatic N) is 1. The van der Waals surface area contributed by atoms with E-state index in [0.717, 1.165) is 18.5 Å². The molecular weight excluding hydrogens is 246 g/mol. The third-order valence-corrected chi connectivity index (χ3v) is 2.67. The van der Waals surface area contributed by atoms with Crippen molar-refractivity contribution < 1.29 is 9.59 Å². The Morgan fingerprint density at radius 1 is 1.42 bits per heavy atom. The smallest absolute Gasteiger partial charge is 0.274 e. The topological polar surface area (TPSA) is 127 Å². The van der Waals surface area contributed by atoms with Crippen LogP contribution in [0, 0.1) is 0 Å². The van der Waals surface area contributed by atoms with E-state index in [1.165, 1.54) is 0 Å². The molecule has 0 aliphatic carbocycles. The summed E-state index contributed by atoms with van der Waals surface area (Å²) in [6.45, 7) is 5.44. The SMILES string of the molecule is CCCc1[nH]nc(C(=O)NC(C)(C)CC(N)=O)c1N. The Morgan fingerprint density at radius 2 is 2.05 bits per heavy atom. The second kappa shape index (κ2) is 5.73. The van der Waals surface area contributed by atoms with Crippen LogP contribution in [0.1, 0.15) is 49.8 Å². The molecule has 7 heteroatoms. The molecule has 2 amide bonds. The zero-order chi connectivity index (χ0) is 14.6. The van der Waals surface area contributed by atoms with E-state index in [-0.39, 0.29) is 12.1 Å². The molecule has 0 spiro atoms. The number of rotatable bonds is 6. The van der Waals surface area contributed by atoms with Crippen molar-refractivity contribution in [1.82, 2.24) is 15.5 Å². The number of carbonyl (C=O) groups is 2. The molecule has 0 aromatic carbocycles. The van der Waals surface area contributed by atoms with Gasteiger partial charge in [-0.3, -0.25) is 14.7 Å². The maximum Gasteiger partial charge on any atom is 0.274 e. The monoisotopic (exact) mass is 267 g/mol. The number of nitrogens with two attached hydrogens (primary N) is 2. The van der Waals surface area contributed by atoms with Gasteiger partial charge in [0.15, 0.2) is 5.69 Å². The van der Waals surface area contributed by atoms with Crippen molar-refractivity contribution in [3.63, 3.8) is 0 Å². The van der Waals surface area contributed by atoms with E-state index in [1.807, 2.05) is 6.92 Å². The maximum absolute atomic E-state index is 12.1. The van der Waals surface area contributed by atoms with Crippen LogP contribution >= 0.6 is 0 Å². The molecule has 0 aliphatic rings. The van der Waals surface area contributed by atoms with Crippen LogP contribution in [0.25, 0.3) is 0 Å². The highest BCUT2D eigenvalue weighted by atomic mass is 16.2. The summed E-state index contributed by atoms with van der Waals surface area (Å²) in [6, 6.07) is 0. The highest BCUT2D eigenvalue weighted by molar-refractivity contribution is 5.98. The Hall–Kier alpha value is -2.05. The molecule has 0 atom stereocenters. The summed E-state index contributed by atoms with van der Waals surface area (Å²) < 4.78 is 0. The van der Waals surface area contributed by atoms with Gasteiger partial charge in [0, 0.05) is 12.0 Å². The molecule has 0 fully saturated rings. The van der Waals surface area contributed by atoms with Gasteiger partial charge in [-0.05, 0) is 20.3 Å². The number of aryl methyl sites for hydroxylation is 1. The molecular formula is C12H21N5O2. The maximum atomic E-state index is 12.1. The minimum Gasteiger partial charge on any atom is -0.395 e. The lowest BCUT2D eigenvalue weighted by molar-refractivity contribution is -0.119. The molecule has 0 bridgehead atoms. The predicted molar refractivity (Wildman–Crippen MR) is 72.4 cm³/mol. The summed E-state index contributed by atoms with van der Waals surface area (Å²) in [5.74, 6) is -0.894. The first-order valence-corrected chi connectivity index (χ1v) is 6.20. The number of aromatic nitrogens is 2. The molecule has 7 nitrogen and oxygen atoms in total. The molecule has 0 unspecified atom stereocenters. The number of nitrogens with one attached hydrogen (secondary N) is 2. The lowest BCUT2D eigenvalue weighted by Crippen LogP contribution is -2.46. The van der Waals surface area contributed by atoms with E-state index in [2.05, 4.69) is 15.5 Å². The molecule has 1 aromatic rings. The summed E-state index contributed by atoms with van der Waals surface area (Å²) in [5, 5.41) is 9.37. The Labute approximate surface area is 112 Å². The number of amides is 2. The lowest BCUT2D eigenvalue weighted by atomic mass is 10.00. The molecule has 106 valence electrons. The largest absolute Gasteiger partial charge is 0.395 e. The molecule has 0 radical (unpaired) electrons. The molecule has 1 aromatic heterocycles. The first-order valence-electron chi connectivity index (χ1n) is 6.20. The van der Waals surface area contributed by atoms with Crippen molar-refractivity contribution in [3.8, 4) is 0 Å². The third kappa shape index (κ3) is 3.97. The first-order chi connectivity index (χ1) is 8.76. The van der Waals surface area contributed by atoms with E-state index in [4.69, 9.17) is 11.5 Å². The summed E-state index contributed by atoms with van der Waals surface area (Å²) in [5.41, 5.74) is 11.5. The molecule has 1 rings (SSSR count). The van der Waals surface area contributed by atoms with Gasteiger partial charge in [-0.25, -0.2) is 0 Å². The normalized spacial score (nSPS) is 11.3. The highest BCUT2D eigenvalue weighted by Crippen LogP contribution is 2.17. The Bertz CT molecular complexity index is 478. The molecule has 0 aliphatic heterocycles. The minimum absolute atomic E-state index is 0.0465. The average molecular weight is 267 g/mol. The third-order valence-electron chi connectivity index (χ3n) is 2.67. The van der Waals surface area contributed by atoms with Crippen molar-refractivity contribution in [2.24, 2.45) is 5.73 Å². The van der Waals surface area contributed by atoms with Crippen molar-refractivity contribution in [2.75, 3.05) is 5.73 Å². The van der Waals surface area contributed by atoms with Crippen molar-refractivity contribution >= 4 is 17.5 Å². The zero-order valence-corrected chi connectivity index (χ0v) is 11.5. The number of nitrogen functional groups attached to an aromatic ring is 1. The second-order valence-electron chi connectivity index (χ2n) is 5.20. The van der Waals surface area contributed by atoms with Crippen LogP contribution in [-0.4, -0.2) is 27.6 Å². The summed E-state index contributed by atoms with van der Waals surface area (Å²) in [6.07, 6.45) is 1.68. The summed E-state index contributed by atoms with van der Waals surface area (Å²) in [4.78, 5) is 23.0. The number of aromatic amines is 1. The number of carbonyl (C=O) groups excluding carboxylic acids is 2. The van der Waals surface area contributed by atoms with Gasteiger partial charge in [-0.2, -0.15) is 5.10 Å². The quantitative estimate of drug-likeness (QED) is 0.592. The van der Waals surface area contributed by atoms with Gasteiger partial charge in [-0.15, -0.1) is 0 Å². The number of H-pyrrole nitrogens is 1. The minimum atomic E-state index is -0.737. The Morgan fingerprint density at radius 3 is 2.58 bits per heavy atom. The van der Waals surface area contributed by atoms with Crippen LogP contribution in [0.4, 0.5) is 5.69 Å². The second-order valence-corrected chi connectivity index (χ2v) is 5.20. The first kappa shape index (κ1) is 15.0. The van der Waals surface area contributed by atoms with E-state index < -0.39 is 17.4 Å². The van der Waals surface area contributed by atoms with E-state index in [0.29, 0.717) is 5.69 Å². The van der Waals surface area contributed by atoms with Gasteiger partial charge in [0.05, 0.1) is 11.4 Å². The van der Waals surface area contributed by atoms with Gasteiger partial charge in [0.1, 0.15) is 0 Å². The summed E-state index contributed by atoms with van der Waals surface area (Å²) >= 11 is 0. The molecule has 0 saturated heterocycles. The van der Waals surface area contributed by atoms with Crippen LogP contribution < -0.4 is 16.8 Å². The van der Waals surface area contributed by atoms with Crippen LogP contribution in [0.3, 0.4) is 0 Å². The van der Waals surface area contributed by atoms with Gasteiger partial charge >= 0.3 is 0 Å². The van der Waals surface area contributed by atoms with Gasteiger partial charge in [0.25, 0.3) is 5.91 Å². The van der Waals surface area contributed by atoms with Gasteiger partial charge in [0.2, 0.25) is 5.91 Å². The number of primary amides is 1. The predicted octanol–water partition coefficient (Wildman–Crippen LogP) is 0.328. The number of hydrogen-bond donors (Lipinski definition) is 4. The van der Waals surface area contributed by atoms with E-state index in [1.54, 1.807) is 13.8 Å². The van der Waals surface area contributed by atoms with Crippen LogP contribution in [-0.2, 0) is 11.2 Å². The highest BCUT2D eigenvalue weighted by Gasteiger charge is 2.26. The average Bonchev–Trinajstić information content (AvgIpc) is 2.58. The lowest BCUT2D eigenvalue weighted by Gasteiger charge is -2.24. The molecule has 6 N–H and O–H groups in total. The van der Waals surface area contributed by atoms with Crippen LogP contribution in [0.15, 0.2) is 0 Å². The van der Waals surface area contributed by atoms with Crippen molar-refractivity contribution in [1.29, 1.82) is 0 Å². The van der Waals surface area contributed by atoms with Crippen molar-refractivity contribution in [2.45, 2.75) is 45.6 Å². The fourth-order valence-corrected chi connectivity index (χ4v) is 1.85. The van der Waals surface area contributed by atoms with Gasteiger partial charge in [-0.1, -0.05) is 13.3 Å². The molecule has 19 heavy (non-hydrogen) atoms. The zero-order valence-electron chi connectivity index (χ0n) is 11.5. The van der Waals surface area contributed by atoms with E-state index >= 15 is 0 Å². The van der Waals surface area contributed by atoms with Gasteiger partial charge < -0.3 is 16.8 Å². The Kier molecular flexibility index (Phi) is 4.52. The van der Waals surface area contributed by atoms with Crippen LogP contribution in [0.2, 0.25) is 0 Å². The fraction of sp³-hybridized carbons (Fsp3) is 0.583.